The van der Waals surface area contributed by atoms with Crippen LogP contribution in [0.1, 0.15) is 50.4 Å². The lowest BCUT2D eigenvalue weighted by molar-refractivity contribution is -0.122. The first-order valence-corrected chi connectivity index (χ1v) is 7.55. The van der Waals surface area contributed by atoms with Crippen molar-refractivity contribution in [2.24, 2.45) is 11.7 Å². The molecule has 122 valence electrons. The molecule has 0 aliphatic rings. The molecule has 5 heteroatoms. The summed E-state index contributed by atoms with van der Waals surface area (Å²) < 4.78 is 12.8. The van der Waals surface area contributed by atoms with E-state index in [1.165, 1.54) is 24.3 Å². The molecule has 22 heavy (non-hydrogen) atoms. The first kappa shape index (κ1) is 18.3. The Balaban J connectivity index is 2.51. The highest BCUT2D eigenvalue weighted by Gasteiger charge is 2.25. The molecule has 3 N–H and O–H groups in total. The van der Waals surface area contributed by atoms with Crippen molar-refractivity contribution in [2.45, 2.75) is 45.6 Å². The highest BCUT2D eigenvalue weighted by Crippen LogP contribution is 2.16. The number of hydrogen-bond acceptors (Lipinski definition) is 3. The molecule has 1 aromatic carbocycles. The topological polar surface area (TPSA) is 72.2 Å². The summed E-state index contributed by atoms with van der Waals surface area (Å²) in [6.07, 6.45) is 0.977. The maximum absolute atomic E-state index is 12.8. The Morgan fingerprint density at radius 2 is 1.82 bits per heavy atom. The average Bonchev–Trinajstić information content (AvgIpc) is 2.44. The monoisotopic (exact) mass is 308 g/mol. The van der Waals surface area contributed by atoms with E-state index in [1.807, 2.05) is 6.92 Å². The fraction of sp³-hybridized carbons (Fsp3) is 0.529. The standard InChI is InChI=1S/C17H25FN2O2/c1-12(2)10-17(3,11-19)20-16(22)9-8-15(21)13-4-6-14(18)7-5-13/h4-7,12H,8-11,19H2,1-3H3,(H,20,22). The Bertz CT molecular complexity index is 514. The summed E-state index contributed by atoms with van der Waals surface area (Å²) in [5.74, 6) is -0.339. The molecule has 0 aromatic heterocycles. The molecule has 1 unspecified atom stereocenters. The molecular formula is C17H25FN2O2. The van der Waals surface area contributed by atoms with Crippen LogP contribution < -0.4 is 11.1 Å². The SMILES string of the molecule is CC(C)CC(C)(CN)NC(=O)CCC(=O)c1ccc(F)cc1. The van der Waals surface area contributed by atoms with Crippen molar-refractivity contribution in [2.75, 3.05) is 6.54 Å². The van der Waals surface area contributed by atoms with Crippen LogP contribution in [0.15, 0.2) is 24.3 Å². The zero-order chi connectivity index (χ0) is 16.8. The molecule has 0 radical (unpaired) electrons. The number of carbonyl (C=O) groups excluding carboxylic acids is 2. The first-order chi connectivity index (χ1) is 10.3. The van der Waals surface area contributed by atoms with E-state index in [2.05, 4.69) is 19.2 Å². The van der Waals surface area contributed by atoms with Gasteiger partial charge in [-0.05, 0) is 43.5 Å². The Morgan fingerprint density at radius 1 is 1.23 bits per heavy atom. The number of ketones is 1. The maximum atomic E-state index is 12.8. The van der Waals surface area contributed by atoms with Gasteiger partial charge < -0.3 is 11.1 Å². The van der Waals surface area contributed by atoms with E-state index in [4.69, 9.17) is 5.73 Å². The van der Waals surface area contributed by atoms with Crippen LogP contribution in [0.25, 0.3) is 0 Å². The number of amides is 1. The van der Waals surface area contributed by atoms with Gasteiger partial charge in [-0.15, -0.1) is 0 Å². The van der Waals surface area contributed by atoms with Crippen molar-refractivity contribution in [3.63, 3.8) is 0 Å². The van der Waals surface area contributed by atoms with Crippen LogP contribution in [0.3, 0.4) is 0 Å². The molecule has 0 saturated carbocycles. The van der Waals surface area contributed by atoms with E-state index >= 15 is 0 Å². The van der Waals surface area contributed by atoms with Gasteiger partial charge in [0.25, 0.3) is 0 Å². The molecule has 0 bridgehead atoms. The van der Waals surface area contributed by atoms with Crippen LogP contribution in [-0.2, 0) is 4.79 Å². The summed E-state index contributed by atoms with van der Waals surface area (Å²) in [6.45, 7) is 6.39. The van der Waals surface area contributed by atoms with Crippen molar-refractivity contribution in [1.82, 2.24) is 5.32 Å². The van der Waals surface area contributed by atoms with Gasteiger partial charge in [-0.1, -0.05) is 13.8 Å². The molecule has 0 saturated heterocycles. The van der Waals surface area contributed by atoms with Crippen molar-refractivity contribution >= 4 is 11.7 Å². The molecule has 1 amide bonds. The lowest BCUT2D eigenvalue weighted by atomic mass is 9.90. The summed E-state index contributed by atoms with van der Waals surface area (Å²) in [5.41, 5.74) is 5.71. The van der Waals surface area contributed by atoms with Crippen molar-refractivity contribution < 1.29 is 14.0 Å². The number of Topliss-reactive ketones (excluding diaryl/α,β-unsaturated/α-hetero) is 1. The lowest BCUT2D eigenvalue weighted by Crippen LogP contribution is -2.52. The van der Waals surface area contributed by atoms with E-state index in [0.29, 0.717) is 18.0 Å². The average molecular weight is 308 g/mol. The predicted molar refractivity (Wildman–Crippen MR) is 85.0 cm³/mol. The first-order valence-electron chi connectivity index (χ1n) is 7.55. The third-order valence-corrected chi connectivity index (χ3v) is 3.50. The van der Waals surface area contributed by atoms with Crippen LogP contribution in [0.5, 0.6) is 0 Å². The minimum Gasteiger partial charge on any atom is -0.350 e. The molecule has 0 heterocycles. The number of hydrogen-bond donors (Lipinski definition) is 2. The molecule has 0 spiro atoms. The number of benzene rings is 1. The van der Waals surface area contributed by atoms with Gasteiger partial charge in [0, 0.05) is 30.5 Å². The molecule has 0 aliphatic heterocycles. The van der Waals surface area contributed by atoms with Crippen LogP contribution in [0.2, 0.25) is 0 Å². The fourth-order valence-corrected chi connectivity index (χ4v) is 2.49. The molecule has 1 rings (SSSR count). The summed E-state index contributed by atoms with van der Waals surface area (Å²) in [5, 5.41) is 2.91. The highest BCUT2D eigenvalue weighted by molar-refractivity contribution is 5.97. The summed E-state index contributed by atoms with van der Waals surface area (Å²) in [7, 11) is 0. The predicted octanol–water partition coefficient (Wildman–Crippen LogP) is 2.67. The van der Waals surface area contributed by atoms with Gasteiger partial charge in [-0.3, -0.25) is 9.59 Å². The Hall–Kier alpha value is -1.75. The zero-order valence-corrected chi connectivity index (χ0v) is 13.5. The fourth-order valence-electron chi connectivity index (χ4n) is 2.49. The van der Waals surface area contributed by atoms with Crippen molar-refractivity contribution in [3.8, 4) is 0 Å². The van der Waals surface area contributed by atoms with Gasteiger partial charge in [0.1, 0.15) is 5.82 Å². The van der Waals surface area contributed by atoms with Crippen molar-refractivity contribution in [1.29, 1.82) is 0 Å². The normalized spacial score (nSPS) is 13.7. The third kappa shape index (κ3) is 5.93. The smallest absolute Gasteiger partial charge is 0.220 e. The van der Waals surface area contributed by atoms with Gasteiger partial charge in [0.2, 0.25) is 5.91 Å². The largest absolute Gasteiger partial charge is 0.350 e. The lowest BCUT2D eigenvalue weighted by Gasteiger charge is -2.31. The van der Waals surface area contributed by atoms with E-state index < -0.39 is 5.54 Å². The van der Waals surface area contributed by atoms with E-state index in [-0.39, 0.29) is 30.3 Å². The quantitative estimate of drug-likeness (QED) is 0.725. The van der Waals surface area contributed by atoms with Crippen molar-refractivity contribution in [3.05, 3.63) is 35.6 Å². The van der Waals surface area contributed by atoms with E-state index in [0.717, 1.165) is 6.42 Å². The molecule has 1 atom stereocenters. The van der Waals surface area contributed by atoms with Crippen LogP contribution in [-0.4, -0.2) is 23.8 Å². The Kier molecular flexibility index (Phi) is 6.68. The van der Waals surface area contributed by atoms with E-state index in [9.17, 15) is 14.0 Å². The number of carbonyl (C=O) groups is 2. The molecular weight excluding hydrogens is 283 g/mol. The molecule has 0 fully saturated rings. The van der Waals surface area contributed by atoms with Gasteiger partial charge >= 0.3 is 0 Å². The van der Waals surface area contributed by atoms with Crippen LogP contribution in [0, 0.1) is 11.7 Å². The van der Waals surface area contributed by atoms with E-state index in [1.54, 1.807) is 0 Å². The molecule has 4 nitrogen and oxygen atoms in total. The third-order valence-electron chi connectivity index (χ3n) is 3.50. The highest BCUT2D eigenvalue weighted by atomic mass is 19.1. The Morgan fingerprint density at radius 3 is 2.32 bits per heavy atom. The van der Waals surface area contributed by atoms with Crippen LogP contribution >= 0.6 is 0 Å². The van der Waals surface area contributed by atoms with Crippen LogP contribution in [0.4, 0.5) is 4.39 Å². The number of halogens is 1. The van der Waals surface area contributed by atoms with Gasteiger partial charge in [-0.2, -0.15) is 0 Å². The second-order valence-corrected chi connectivity index (χ2v) is 6.34. The number of nitrogens with two attached hydrogens (primary N) is 1. The molecule has 0 aliphatic carbocycles. The zero-order valence-electron chi connectivity index (χ0n) is 13.5. The second-order valence-electron chi connectivity index (χ2n) is 6.34. The summed E-state index contributed by atoms with van der Waals surface area (Å²) in [6, 6.07) is 5.33. The number of rotatable bonds is 8. The Labute approximate surface area is 131 Å². The van der Waals surface area contributed by atoms with Gasteiger partial charge in [0.15, 0.2) is 5.78 Å². The molecule has 1 aromatic rings. The maximum Gasteiger partial charge on any atom is 0.220 e. The minimum absolute atomic E-state index is 0.0970. The number of nitrogens with one attached hydrogen (secondary N) is 1. The van der Waals surface area contributed by atoms with Gasteiger partial charge in [0.05, 0.1) is 0 Å². The second kappa shape index (κ2) is 8.03. The minimum atomic E-state index is -0.454. The summed E-state index contributed by atoms with van der Waals surface area (Å²) >= 11 is 0. The van der Waals surface area contributed by atoms with Gasteiger partial charge in [-0.25, -0.2) is 4.39 Å². The summed E-state index contributed by atoms with van der Waals surface area (Å²) in [4.78, 5) is 24.0.